The zero-order valence-corrected chi connectivity index (χ0v) is 14.6. The van der Waals surface area contributed by atoms with Crippen molar-refractivity contribution in [2.75, 3.05) is 5.75 Å². The van der Waals surface area contributed by atoms with E-state index in [-0.39, 0.29) is 12.1 Å². The number of carbonyl (C=O) groups excluding carboxylic acids is 1. The number of carbonyl (C=O) groups is 1. The van der Waals surface area contributed by atoms with Gasteiger partial charge < -0.3 is 15.4 Å². The second-order valence-electron chi connectivity index (χ2n) is 7.21. The van der Waals surface area contributed by atoms with Gasteiger partial charge in [0.05, 0.1) is 0 Å². The first-order valence-corrected chi connectivity index (χ1v) is 9.29. The predicted octanol–water partition coefficient (Wildman–Crippen LogP) is 3.31. The van der Waals surface area contributed by atoms with E-state index in [9.17, 15) is 4.79 Å². The van der Waals surface area contributed by atoms with Crippen LogP contribution in [-0.2, 0) is 4.74 Å². The van der Waals surface area contributed by atoms with Gasteiger partial charge in [0, 0.05) is 23.4 Å². The summed E-state index contributed by atoms with van der Waals surface area (Å²) in [6, 6.07) is 1.51. The van der Waals surface area contributed by atoms with Gasteiger partial charge in [-0.05, 0) is 52.2 Å². The summed E-state index contributed by atoms with van der Waals surface area (Å²) in [5, 5.41) is 7.53. The van der Waals surface area contributed by atoms with E-state index in [0.29, 0.717) is 12.1 Å². The van der Waals surface area contributed by atoms with Crippen molar-refractivity contribution in [1.29, 1.82) is 0 Å². The number of amides is 1. The minimum atomic E-state index is -0.417. The summed E-state index contributed by atoms with van der Waals surface area (Å²) < 4.78 is 5.29. The molecule has 122 valence electrons. The summed E-state index contributed by atoms with van der Waals surface area (Å²) in [4.78, 5) is 11.7. The van der Waals surface area contributed by atoms with E-state index >= 15 is 0 Å². The van der Waals surface area contributed by atoms with Crippen molar-refractivity contribution in [2.24, 2.45) is 0 Å². The van der Waals surface area contributed by atoms with Gasteiger partial charge in [0.2, 0.25) is 0 Å². The predicted molar refractivity (Wildman–Crippen MR) is 88.9 cm³/mol. The van der Waals surface area contributed by atoms with Crippen molar-refractivity contribution in [1.82, 2.24) is 10.6 Å². The first-order chi connectivity index (χ1) is 9.87. The van der Waals surface area contributed by atoms with Crippen molar-refractivity contribution in [3.63, 3.8) is 0 Å². The second kappa shape index (κ2) is 7.23. The molecular formula is C16H30N2O2S. The maximum Gasteiger partial charge on any atom is 0.407 e. The highest BCUT2D eigenvalue weighted by Gasteiger charge is 2.35. The Bertz CT molecular complexity index is 351. The molecule has 1 amide bonds. The van der Waals surface area contributed by atoms with Crippen molar-refractivity contribution in [2.45, 2.75) is 88.8 Å². The number of hydrogen-bond donors (Lipinski definition) is 2. The number of hydrogen-bond acceptors (Lipinski definition) is 4. The second-order valence-corrected chi connectivity index (χ2v) is 8.73. The van der Waals surface area contributed by atoms with Crippen LogP contribution in [0.25, 0.3) is 0 Å². The number of nitrogens with one attached hydrogen (secondary N) is 2. The molecule has 2 atom stereocenters. The van der Waals surface area contributed by atoms with E-state index in [0.717, 1.165) is 18.1 Å². The molecular weight excluding hydrogens is 284 g/mol. The van der Waals surface area contributed by atoms with Crippen LogP contribution >= 0.6 is 11.8 Å². The lowest BCUT2D eigenvalue weighted by molar-refractivity contribution is 0.0463. The molecule has 4 nitrogen and oxygen atoms in total. The van der Waals surface area contributed by atoms with Gasteiger partial charge in [-0.1, -0.05) is 13.3 Å². The normalized spacial score (nSPS) is 32.6. The van der Waals surface area contributed by atoms with E-state index in [1.165, 1.54) is 25.0 Å². The summed E-state index contributed by atoms with van der Waals surface area (Å²) in [6.45, 7) is 7.92. The Hall–Kier alpha value is -0.420. The third-order valence-electron chi connectivity index (χ3n) is 4.14. The Balaban J connectivity index is 1.64. The molecule has 2 rings (SSSR count). The van der Waals surface area contributed by atoms with Crippen molar-refractivity contribution < 1.29 is 9.53 Å². The number of thioether (sulfide) groups is 1. The van der Waals surface area contributed by atoms with Gasteiger partial charge in [-0.25, -0.2) is 4.79 Å². The van der Waals surface area contributed by atoms with Gasteiger partial charge in [0.15, 0.2) is 0 Å². The first-order valence-electron chi connectivity index (χ1n) is 8.24. The molecule has 0 aromatic heterocycles. The van der Waals surface area contributed by atoms with E-state index < -0.39 is 5.60 Å². The average molecular weight is 314 g/mol. The van der Waals surface area contributed by atoms with Gasteiger partial charge in [0.1, 0.15) is 5.60 Å². The van der Waals surface area contributed by atoms with E-state index in [2.05, 4.69) is 29.3 Å². The van der Waals surface area contributed by atoms with Crippen LogP contribution in [0.5, 0.6) is 0 Å². The van der Waals surface area contributed by atoms with Crippen LogP contribution in [0.15, 0.2) is 0 Å². The molecule has 0 bridgehead atoms. The molecule has 0 radical (unpaired) electrons. The third kappa shape index (κ3) is 5.37. The Kier molecular flexibility index (Phi) is 5.83. The van der Waals surface area contributed by atoms with Gasteiger partial charge >= 0.3 is 6.09 Å². The quantitative estimate of drug-likeness (QED) is 0.817. The van der Waals surface area contributed by atoms with Crippen molar-refractivity contribution >= 4 is 17.9 Å². The maximum absolute atomic E-state index is 11.7. The molecule has 5 heteroatoms. The van der Waals surface area contributed by atoms with Gasteiger partial charge in [-0.2, -0.15) is 11.8 Å². The zero-order valence-electron chi connectivity index (χ0n) is 13.8. The molecule has 21 heavy (non-hydrogen) atoms. The highest BCUT2D eigenvalue weighted by atomic mass is 32.2. The monoisotopic (exact) mass is 314 g/mol. The topological polar surface area (TPSA) is 50.4 Å². The average Bonchev–Trinajstić information content (AvgIpc) is 2.72. The number of rotatable bonds is 5. The highest BCUT2D eigenvalue weighted by molar-refractivity contribution is 7.99. The molecule has 0 saturated heterocycles. The fourth-order valence-corrected chi connectivity index (χ4v) is 4.39. The fourth-order valence-electron chi connectivity index (χ4n) is 3.18. The maximum atomic E-state index is 11.7. The number of alkyl carbamates (subject to hydrolysis) is 1. The van der Waals surface area contributed by atoms with Crippen LogP contribution in [0.1, 0.15) is 59.8 Å². The zero-order chi connectivity index (χ0) is 15.5. The molecule has 0 heterocycles. The summed E-state index contributed by atoms with van der Waals surface area (Å²) in [6.07, 6.45) is 5.77. The summed E-state index contributed by atoms with van der Waals surface area (Å²) in [7, 11) is 0. The molecule has 0 spiro atoms. The molecule has 2 aliphatic rings. The lowest BCUT2D eigenvalue weighted by Crippen LogP contribution is -2.56. The van der Waals surface area contributed by atoms with Crippen LogP contribution in [-0.4, -0.2) is 40.8 Å². The lowest BCUT2D eigenvalue weighted by atomic mass is 9.86. The number of ether oxygens (including phenoxy) is 1. The van der Waals surface area contributed by atoms with Crippen molar-refractivity contribution in [3.05, 3.63) is 0 Å². The summed E-state index contributed by atoms with van der Waals surface area (Å²) in [5.74, 6) is 1.20. The van der Waals surface area contributed by atoms with E-state index in [1.807, 2.05) is 20.8 Å². The molecule has 2 N–H and O–H groups in total. The standard InChI is InChI=1S/C16H30N2O2S/c1-5-21-14-8-6-7-13(14)17-11-9-12(10-11)18-15(19)20-16(2,3)4/h11-14,17H,5-10H2,1-4H3,(H,18,19). The molecule has 2 fully saturated rings. The van der Waals surface area contributed by atoms with Gasteiger partial charge in [0.25, 0.3) is 0 Å². The van der Waals surface area contributed by atoms with Crippen molar-refractivity contribution in [3.8, 4) is 0 Å². The summed E-state index contributed by atoms with van der Waals surface area (Å²) in [5.41, 5.74) is -0.417. The molecule has 2 unspecified atom stereocenters. The fraction of sp³-hybridized carbons (Fsp3) is 0.938. The molecule has 0 aliphatic heterocycles. The molecule has 0 aromatic rings. The van der Waals surface area contributed by atoms with E-state index in [4.69, 9.17) is 4.74 Å². The van der Waals surface area contributed by atoms with Crippen LogP contribution in [0.2, 0.25) is 0 Å². The van der Waals surface area contributed by atoms with Crippen LogP contribution in [0.4, 0.5) is 4.79 Å². The molecule has 2 saturated carbocycles. The Morgan fingerprint density at radius 1 is 1.24 bits per heavy atom. The minimum absolute atomic E-state index is 0.274. The van der Waals surface area contributed by atoms with Crippen LogP contribution < -0.4 is 10.6 Å². The first kappa shape index (κ1) is 16.9. The minimum Gasteiger partial charge on any atom is -0.444 e. The van der Waals surface area contributed by atoms with Gasteiger partial charge in [-0.3, -0.25) is 0 Å². The highest BCUT2D eigenvalue weighted by Crippen LogP contribution is 2.32. The lowest BCUT2D eigenvalue weighted by Gasteiger charge is -2.39. The third-order valence-corrected chi connectivity index (χ3v) is 5.47. The Morgan fingerprint density at radius 2 is 1.95 bits per heavy atom. The van der Waals surface area contributed by atoms with Crippen LogP contribution in [0.3, 0.4) is 0 Å². The Labute approximate surface area is 133 Å². The molecule has 2 aliphatic carbocycles. The van der Waals surface area contributed by atoms with Crippen LogP contribution in [0, 0.1) is 0 Å². The molecule has 0 aromatic carbocycles. The smallest absolute Gasteiger partial charge is 0.407 e. The summed E-state index contributed by atoms with van der Waals surface area (Å²) >= 11 is 2.09. The van der Waals surface area contributed by atoms with E-state index in [1.54, 1.807) is 0 Å². The largest absolute Gasteiger partial charge is 0.444 e. The Morgan fingerprint density at radius 3 is 2.57 bits per heavy atom. The SMILES string of the molecule is CCSC1CCCC1NC1CC(NC(=O)OC(C)(C)C)C1. The van der Waals surface area contributed by atoms with Gasteiger partial charge in [-0.15, -0.1) is 0 Å².